The molecule has 0 amide bonds. The molecule has 0 saturated heterocycles. The van der Waals surface area contributed by atoms with Gasteiger partial charge in [-0.25, -0.2) is 0 Å². The van der Waals surface area contributed by atoms with Gasteiger partial charge in [0.25, 0.3) is 0 Å². The monoisotopic (exact) mass is 702 g/mol. The number of hydrogen-bond donors (Lipinski definition) is 0. The van der Waals surface area contributed by atoms with E-state index in [1.807, 2.05) is 48.5 Å². The minimum atomic E-state index is -0.221. The van der Waals surface area contributed by atoms with E-state index >= 15 is 0 Å². The van der Waals surface area contributed by atoms with Crippen molar-refractivity contribution in [2.45, 2.75) is 31.1 Å². The summed E-state index contributed by atoms with van der Waals surface area (Å²) in [7, 11) is 0. The zero-order valence-electron chi connectivity index (χ0n) is 30.1. The van der Waals surface area contributed by atoms with Crippen molar-refractivity contribution in [1.29, 1.82) is 15.8 Å². The number of nitrogens with zero attached hydrogens (tertiary/aromatic N) is 4. The summed E-state index contributed by atoms with van der Waals surface area (Å²) >= 11 is 0. The minimum Gasteiger partial charge on any atom is -0.456 e. The van der Waals surface area contributed by atoms with Crippen LogP contribution in [0.2, 0.25) is 0 Å². The van der Waals surface area contributed by atoms with Crippen LogP contribution in [0.5, 0.6) is 0 Å². The molecule has 256 valence electrons. The normalized spacial score (nSPS) is 16.3. The molecule has 0 fully saturated rings. The van der Waals surface area contributed by atoms with Gasteiger partial charge >= 0.3 is 0 Å². The molecular weight excluding hydrogens is 673 g/mol. The Morgan fingerprint density at radius 2 is 1.11 bits per heavy atom. The maximum absolute atomic E-state index is 11.0. The summed E-state index contributed by atoms with van der Waals surface area (Å²) in [6, 6.07) is 53.2. The molecule has 4 aliphatic rings. The Kier molecular flexibility index (Phi) is 6.27. The van der Waals surface area contributed by atoms with Gasteiger partial charge in [-0.1, -0.05) is 74.5 Å². The molecule has 0 N–H and O–H groups in total. The lowest BCUT2D eigenvalue weighted by Crippen LogP contribution is -2.28. The summed E-state index contributed by atoms with van der Waals surface area (Å²) in [5, 5.41) is 32.9. The lowest BCUT2D eigenvalue weighted by molar-refractivity contribution is 0.660. The van der Waals surface area contributed by atoms with E-state index in [0.29, 0.717) is 16.7 Å². The van der Waals surface area contributed by atoms with Gasteiger partial charge in [0.1, 0.15) is 17.2 Å². The van der Waals surface area contributed by atoms with Crippen molar-refractivity contribution in [3.05, 3.63) is 195 Å². The number of benzene rings is 7. The fourth-order valence-corrected chi connectivity index (χ4v) is 9.83. The number of fused-ring (bicyclic) bond motifs is 6. The van der Waals surface area contributed by atoms with E-state index in [2.05, 4.69) is 122 Å². The lowest BCUT2D eigenvalue weighted by atomic mass is 9.60. The third kappa shape index (κ3) is 4.20. The first-order valence-electron chi connectivity index (χ1n) is 18.5. The van der Waals surface area contributed by atoms with Crippen LogP contribution in [-0.4, -0.2) is 0 Å². The van der Waals surface area contributed by atoms with E-state index in [4.69, 9.17) is 4.42 Å². The van der Waals surface area contributed by atoms with E-state index < -0.39 is 0 Å². The molecule has 8 aromatic rings. The molecule has 4 aliphatic carbocycles. The van der Waals surface area contributed by atoms with E-state index in [-0.39, 0.29) is 17.3 Å². The molecule has 0 radical (unpaired) electrons. The number of furan rings is 1. The zero-order chi connectivity index (χ0) is 37.2. The van der Waals surface area contributed by atoms with Crippen LogP contribution in [0.15, 0.2) is 138 Å². The molecular formula is C50H30N4O. The van der Waals surface area contributed by atoms with Gasteiger partial charge in [-0.3, -0.25) is 0 Å². The predicted octanol–water partition coefficient (Wildman–Crippen LogP) is 12.0. The lowest BCUT2D eigenvalue weighted by Gasteiger charge is -2.43. The van der Waals surface area contributed by atoms with Gasteiger partial charge in [0.05, 0.1) is 34.5 Å². The highest BCUT2D eigenvalue weighted by molar-refractivity contribution is 6.06. The molecule has 55 heavy (non-hydrogen) atoms. The van der Waals surface area contributed by atoms with E-state index in [1.54, 1.807) is 0 Å². The molecule has 5 nitrogen and oxygen atoms in total. The van der Waals surface area contributed by atoms with Gasteiger partial charge in [-0.2, -0.15) is 15.8 Å². The Morgan fingerprint density at radius 1 is 0.509 bits per heavy atom. The molecule has 0 unspecified atom stereocenters. The molecule has 0 saturated carbocycles. The average Bonchev–Trinajstić information content (AvgIpc) is 3.71. The van der Waals surface area contributed by atoms with Gasteiger partial charge in [-0.05, 0) is 122 Å². The number of nitriles is 3. The van der Waals surface area contributed by atoms with Crippen molar-refractivity contribution in [3.8, 4) is 29.3 Å². The van der Waals surface area contributed by atoms with Crippen LogP contribution in [0.3, 0.4) is 0 Å². The Morgan fingerprint density at radius 3 is 1.85 bits per heavy atom. The van der Waals surface area contributed by atoms with Gasteiger partial charge in [0.15, 0.2) is 0 Å². The second-order valence-corrected chi connectivity index (χ2v) is 15.4. The number of rotatable bonds is 3. The Labute approximate surface area is 318 Å². The molecule has 2 bridgehead atoms. The Balaban J connectivity index is 1.17. The van der Waals surface area contributed by atoms with Crippen molar-refractivity contribution in [2.24, 2.45) is 0 Å². The summed E-state index contributed by atoms with van der Waals surface area (Å²) < 4.78 is 6.43. The van der Waals surface area contributed by atoms with Crippen LogP contribution in [0.1, 0.15) is 86.9 Å². The maximum atomic E-state index is 11.0. The summed E-state index contributed by atoms with van der Waals surface area (Å²) in [5.41, 5.74) is 17.3. The number of hydrogen-bond acceptors (Lipinski definition) is 5. The van der Waals surface area contributed by atoms with Crippen LogP contribution in [0, 0.1) is 34.0 Å². The smallest absolute Gasteiger partial charge is 0.137 e. The zero-order valence-corrected chi connectivity index (χ0v) is 30.1. The quantitative estimate of drug-likeness (QED) is 0.183. The van der Waals surface area contributed by atoms with Gasteiger partial charge in [0.2, 0.25) is 0 Å². The van der Waals surface area contributed by atoms with Crippen LogP contribution >= 0.6 is 0 Å². The van der Waals surface area contributed by atoms with Crippen molar-refractivity contribution < 1.29 is 4.42 Å². The van der Waals surface area contributed by atoms with E-state index in [1.165, 1.54) is 22.3 Å². The first-order chi connectivity index (χ1) is 26.9. The summed E-state index contributed by atoms with van der Waals surface area (Å²) in [6.07, 6.45) is 0. The summed E-state index contributed by atoms with van der Waals surface area (Å²) in [6.45, 7) is 4.57. The van der Waals surface area contributed by atoms with Crippen LogP contribution in [-0.2, 0) is 5.41 Å². The molecule has 12 rings (SSSR count). The van der Waals surface area contributed by atoms with Gasteiger partial charge in [0, 0.05) is 45.5 Å². The average molecular weight is 703 g/mol. The van der Waals surface area contributed by atoms with Crippen molar-refractivity contribution in [1.82, 2.24) is 0 Å². The van der Waals surface area contributed by atoms with Crippen molar-refractivity contribution in [3.63, 3.8) is 0 Å². The van der Waals surface area contributed by atoms with Crippen LogP contribution < -0.4 is 4.90 Å². The topological polar surface area (TPSA) is 87.8 Å². The third-order valence-corrected chi connectivity index (χ3v) is 12.3. The minimum absolute atomic E-state index is 0.134. The second kappa shape index (κ2) is 11.1. The highest BCUT2D eigenvalue weighted by atomic mass is 16.3. The van der Waals surface area contributed by atoms with Gasteiger partial charge < -0.3 is 9.32 Å². The molecule has 5 heteroatoms. The van der Waals surface area contributed by atoms with Crippen molar-refractivity contribution in [2.75, 3.05) is 4.90 Å². The highest BCUT2D eigenvalue weighted by Gasteiger charge is 2.43. The molecule has 0 aliphatic heterocycles. The first-order valence-corrected chi connectivity index (χ1v) is 18.5. The largest absolute Gasteiger partial charge is 0.456 e. The first kappa shape index (κ1) is 31.2. The molecule has 1 heterocycles. The third-order valence-electron chi connectivity index (χ3n) is 12.3. The van der Waals surface area contributed by atoms with E-state index in [9.17, 15) is 15.8 Å². The SMILES string of the molecule is CC1(C)c2ccccc2-c2ccc(N(c3ccc4c(c3)oc3ccccc34)c3cc4c(cc3C#N)C3c5cc(C#N)ccc5C4c4ccc(C#N)cc43)cc21. The molecule has 0 atom stereocenters. The molecule has 1 aromatic heterocycles. The molecule has 7 aromatic carbocycles. The van der Waals surface area contributed by atoms with Gasteiger partial charge in [-0.15, -0.1) is 0 Å². The highest BCUT2D eigenvalue weighted by Crippen LogP contribution is 2.58. The second-order valence-electron chi connectivity index (χ2n) is 15.4. The van der Waals surface area contributed by atoms with Crippen molar-refractivity contribution >= 4 is 39.0 Å². The fourth-order valence-electron chi connectivity index (χ4n) is 9.83. The standard InChI is InChI=1S/C50H30N4O/c1-50(2)43-9-5-3-7-33(43)34-17-13-31(22-44(34)50)54(32-14-18-36-35-8-4-6-10-46(35)55-47(36)23-32)45-24-42-41(21-30(45)27-53)49-39-19-28(25-51)11-15-37(39)48(42)38-16-12-29(26-52)20-40(38)49/h3-24,48-49H,1-2H3. The van der Waals surface area contributed by atoms with Crippen LogP contribution in [0.25, 0.3) is 33.1 Å². The number of anilines is 3. The van der Waals surface area contributed by atoms with Crippen LogP contribution in [0.4, 0.5) is 17.1 Å². The molecule has 0 spiro atoms. The predicted molar refractivity (Wildman–Crippen MR) is 215 cm³/mol. The summed E-state index contributed by atoms with van der Waals surface area (Å²) in [5.74, 6) is -0.350. The maximum Gasteiger partial charge on any atom is 0.137 e. The van der Waals surface area contributed by atoms with E-state index in [0.717, 1.165) is 72.4 Å². The Bertz CT molecular complexity index is 3080. The fraction of sp³-hybridized carbons (Fsp3) is 0.100. The number of para-hydroxylation sites is 1. The summed E-state index contributed by atoms with van der Waals surface area (Å²) in [4.78, 5) is 2.21. The Hall–Kier alpha value is -7.39.